The van der Waals surface area contributed by atoms with Gasteiger partial charge in [0.2, 0.25) is 11.8 Å². The summed E-state index contributed by atoms with van der Waals surface area (Å²) in [5.41, 5.74) is 2.31. The van der Waals surface area contributed by atoms with Crippen molar-refractivity contribution in [3.63, 3.8) is 0 Å². The van der Waals surface area contributed by atoms with Gasteiger partial charge in [0.15, 0.2) is 12.4 Å². The van der Waals surface area contributed by atoms with Gasteiger partial charge in [0.1, 0.15) is 5.75 Å². The quantitative estimate of drug-likeness (QED) is 0.261. The number of ether oxygens (including phenoxy) is 2. The predicted octanol–water partition coefficient (Wildman–Crippen LogP) is 4.66. The number of fused-ring (bicyclic) bond motifs is 5. The van der Waals surface area contributed by atoms with E-state index in [1.165, 1.54) is 29.7 Å². The van der Waals surface area contributed by atoms with E-state index in [4.69, 9.17) is 9.47 Å². The van der Waals surface area contributed by atoms with Crippen LogP contribution < -0.4 is 9.64 Å². The van der Waals surface area contributed by atoms with Crippen LogP contribution in [0.4, 0.5) is 5.69 Å². The maximum absolute atomic E-state index is 13.5. The van der Waals surface area contributed by atoms with Gasteiger partial charge in [-0.05, 0) is 72.6 Å². The van der Waals surface area contributed by atoms with Gasteiger partial charge in [-0.15, -0.1) is 0 Å². The van der Waals surface area contributed by atoms with Crippen LogP contribution in [0.5, 0.6) is 5.75 Å². The molecule has 6 rings (SSSR count). The summed E-state index contributed by atoms with van der Waals surface area (Å²) in [5, 5.41) is 0. The minimum absolute atomic E-state index is 0.141. The molecule has 7 nitrogen and oxygen atoms in total. The maximum atomic E-state index is 13.5. The number of nitrogens with zero attached hydrogens (tertiary/aromatic N) is 1. The molecule has 192 valence electrons. The predicted molar refractivity (Wildman–Crippen MR) is 139 cm³/mol. The van der Waals surface area contributed by atoms with E-state index in [-0.39, 0.29) is 46.8 Å². The highest BCUT2D eigenvalue weighted by atomic mass is 16.5. The van der Waals surface area contributed by atoms with Crippen LogP contribution in [0.3, 0.4) is 0 Å². The van der Waals surface area contributed by atoms with E-state index in [2.05, 4.69) is 12.1 Å². The van der Waals surface area contributed by atoms with E-state index in [0.717, 1.165) is 12.8 Å². The first-order chi connectivity index (χ1) is 18.5. The Balaban J connectivity index is 1.13. The monoisotopic (exact) mass is 509 g/mol. The molecule has 0 aromatic heterocycles. The lowest BCUT2D eigenvalue weighted by molar-refractivity contribution is -0.123. The standard InChI is InChI=1S/C31H27NO6/c1-37-23-9-5-8-20(14-23)26(33)17-38-31(36)19-10-12-22(13-11-19)32-29(34)27-21-15-24(18-6-3-2-4-7-18)25(16-21)28(27)30(32)35/h2-14,21,24-25,27-28H,15-17H2,1H3/t21-,24+,25+,27-,28-/m0/s1. The van der Waals surface area contributed by atoms with E-state index in [0.29, 0.717) is 22.9 Å². The van der Waals surface area contributed by atoms with Crippen molar-refractivity contribution in [1.82, 2.24) is 0 Å². The van der Waals surface area contributed by atoms with Gasteiger partial charge in [0.05, 0.1) is 30.2 Å². The van der Waals surface area contributed by atoms with Gasteiger partial charge in [0, 0.05) is 5.56 Å². The summed E-state index contributed by atoms with van der Waals surface area (Å²) in [6.45, 7) is -0.411. The topological polar surface area (TPSA) is 90.0 Å². The van der Waals surface area contributed by atoms with Gasteiger partial charge in [-0.25, -0.2) is 4.79 Å². The summed E-state index contributed by atoms with van der Waals surface area (Å²) in [6, 6.07) is 23.1. The number of rotatable bonds is 7. The maximum Gasteiger partial charge on any atom is 0.338 e. The van der Waals surface area contributed by atoms with Gasteiger partial charge >= 0.3 is 5.97 Å². The lowest BCUT2D eigenvalue weighted by atomic mass is 9.73. The summed E-state index contributed by atoms with van der Waals surface area (Å²) >= 11 is 0. The molecular formula is C31H27NO6. The number of amides is 2. The lowest BCUT2D eigenvalue weighted by Gasteiger charge is -2.28. The fourth-order valence-corrected chi connectivity index (χ4v) is 6.64. The molecule has 7 heteroatoms. The Morgan fingerprint density at radius 1 is 0.842 bits per heavy atom. The molecule has 0 radical (unpaired) electrons. The number of carbonyl (C=O) groups excluding carboxylic acids is 4. The number of methoxy groups -OCH3 is 1. The molecular weight excluding hydrogens is 482 g/mol. The van der Waals surface area contributed by atoms with Crippen molar-refractivity contribution in [3.05, 3.63) is 95.6 Å². The Hall–Kier alpha value is -4.26. The van der Waals surface area contributed by atoms with Gasteiger partial charge in [-0.3, -0.25) is 19.3 Å². The van der Waals surface area contributed by atoms with Gasteiger partial charge < -0.3 is 9.47 Å². The van der Waals surface area contributed by atoms with E-state index in [1.54, 1.807) is 36.4 Å². The first-order valence-corrected chi connectivity index (χ1v) is 12.8. The SMILES string of the molecule is COc1cccc(C(=O)COC(=O)c2ccc(N3C(=O)[C@H]4[C@@H]5C[C@@H]([C@@H]4C3=O)[C@@H](c3ccccc3)C5)cc2)c1. The highest BCUT2D eigenvalue weighted by Gasteiger charge is 2.64. The fourth-order valence-electron chi connectivity index (χ4n) is 6.64. The number of Topliss-reactive ketones (excluding diaryl/α,β-unsaturated/α-hetero) is 1. The number of imide groups is 1. The zero-order chi connectivity index (χ0) is 26.4. The molecule has 0 N–H and O–H groups in total. The highest BCUT2D eigenvalue weighted by Crippen LogP contribution is 2.61. The molecule has 3 aromatic rings. The second kappa shape index (κ2) is 9.56. The first-order valence-electron chi connectivity index (χ1n) is 12.8. The molecule has 3 fully saturated rings. The third kappa shape index (κ3) is 3.99. The molecule has 5 atom stereocenters. The van der Waals surface area contributed by atoms with Crippen molar-refractivity contribution in [2.45, 2.75) is 18.8 Å². The summed E-state index contributed by atoms with van der Waals surface area (Å²) < 4.78 is 10.3. The molecule has 3 aromatic carbocycles. The summed E-state index contributed by atoms with van der Waals surface area (Å²) in [4.78, 5) is 53.1. The Labute approximate surface area is 220 Å². The van der Waals surface area contributed by atoms with E-state index < -0.39 is 12.6 Å². The minimum atomic E-state index is -0.660. The number of ketones is 1. The third-order valence-electron chi connectivity index (χ3n) is 8.33. The third-order valence-corrected chi connectivity index (χ3v) is 8.33. The Morgan fingerprint density at radius 2 is 1.58 bits per heavy atom. The minimum Gasteiger partial charge on any atom is -0.497 e. The average Bonchev–Trinajstić information content (AvgIpc) is 3.63. The fraction of sp³-hybridized carbons (Fsp3) is 0.290. The van der Waals surface area contributed by atoms with Crippen molar-refractivity contribution in [1.29, 1.82) is 0 Å². The summed E-state index contributed by atoms with van der Waals surface area (Å²) in [6.07, 6.45) is 1.85. The molecule has 0 spiro atoms. The lowest BCUT2D eigenvalue weighted by Crippen LogP contribution is -2.33. The zero-order valence-corrected chi connectivity index (χ0v) is 20.9. The van der Waals surface area contributed by atoms with Crippen LogP contribution in [0.2, 0.25) is 0 Å². The molecule has 0 unspecified atom stereocenters. The van der Waals surface area contributed by atoms with Crippen LogP contribution in [-0.2, 0) is 14.3 Å². The Kier molecular flexibility index (Phi) is 6.06. The normalized spacial score (nSPS) is 25.4. The van der Waals surface area contributed by atoms with Crippen molar-refractivity contribution in [2.75, 3.05) is 18.6 Å². The van der Waals surface area contributed by atoms with Crippen molar-refractivity contribution < 1.29 is 28.7 Å². The average molecular weight is 510 g/mol. The van der Waals surface area contributed by atoms with Gasteiger partial charge in [0.25, 0.3) is 0 Å². The van der Waals surface area contributed by atoms with Crippen LogP contribution >= 0.6 is 0 Å². The smallest absolute Gasteiger partial charge is 0.338 e. The van der Waals surface area contributed by atoms with Crippen LogP contribution in [0.25, 0.3) is 0 Å². The number of hydrogen-bond acceptors (Lipinski definition) is 6. The van der Waals surface area contributed by atoms with Crippen LogP contribution in [-0.4, -0.2) is 37.3 Å². The van der Waals surface area contributed by atoms with Gasteiger partial charge in [-0.1, -0.05) is 42.5 Å². The molecule has 1 saturated heterocycles. The van der Waals surface area contributed by atoms with Crippen LogP contribution in [0.1, 0.15) is 45.0 Å². The number of hydrogen-bond donors (Lipinski definition) is 0. The van der Waals surface area contributed by atoms with Crippen LogP contribution in [0, 0.1) is 23.7 Å². The highest BCUT2D eigenvalue weighted by molar-refractivity contribution is 6.22. The van der Waals surface area contributed by atoms with E-state index in [1.807, 2.05) is 18.2 Å². The molecule has 38 heavy (non-hydrogen) atoms. The zero-order valence-electron chi connectivity index (χ0n) is 20.9. The van der Waals surface area contributed by atoms with Crippen molar-refractivity contribution in [3.8, 4) is 5.75 Å². The number of esters is 1. The second-order valence-electron chi connectivity index (χ2n) is 10.3. The first kappa shape index (κ1) is 24.1. The van der Waals surface area contributed by atoms with E-state index >= 15 is 0 Å². The Bertz CT molecular complexity index is 1420. The molecule has 2 aliphatic carbocycles. The number of carbonyl (C=O) groups is 4. The van der Waals surface area contributed by atoms with Gasteiger partial charge in [-0.2, -0.15) is 0 Å². The second-order valence-corrected chi connectivity index (χ2v) is 10.3. The summed E-state index contributed by atoms with van der Waals surface area (Å²) in [5.74, 6) is -0.626. The molecule has 2 bridgehead atoms. The van der Waals surface area contributed by atoms with Crippen molar-refractivity contribution in [2.24, 2.45) is 23.7 Å². The molecule has 3 aliphatic rings. The number of benzene rings is 3. The van der Waals surface area contributed by atoms with Crippen LogP contribution in [0.15, 0.2) is 78.9 Å². The summed E-state index contributed by atoms with van der Waals surface area (Å²) in [7, 11) is 1.51. The largest absolute Gasteiger partial charge is 0.497 e. The Morgan fingerprint density at radius 3 is 2.32 bits per heavy atom. The van der Waals surface area contributed by atoms with Crippen molar-refractivity contribution >= 4 is 29.3 Å². The van der Waals surface area contributed by atoms with E-state index in [9.17, 15) is 19.2 Å². The number of anilines is 1. The molecule has 2 saturated carbocycles. The molecule has 1 heterocycles. The molecule has 2 amide bonds. The molecule has 1 aliphatic heterocycles.